The molecular weight excluding hydrogens is 326 g/mol. The highest BCUT2D eigenvalue weighted by Gasteiger charge is 2.33. The number of thiazole rings is 1. The molecular formula is C17H23N3O3S. The molecule has 1 saturated carbocycles. The third kappa shape index (κ3) is 2.96. The van der Waals surface area contributed by atoms with Gasteiger partial charge in [0, 0.05) is 24.0 Å². The van der Waals surface area contributed by atoms with Crippen LogP contribution in [-0.2, 0) is 16.1 Å². The number of hydrogen-bond acceptors (Lipinski definition) is 6. The Balaban J connectivity index is 1.43. The van der Waals surface area contributed by atoms with Crippen molar-refractivity contribution in [3.05, 3.63) is 23.0 Å². The highest BCUT2D eigenvalue weighted by molar-refractivity contribution is 7.15. The molecule has 7 heteroatoms. The lowest BCUT2D eigenvalue weighted by atomic mass is 9.91. The molecule has 1 aliphatic heterocycles. The normalized spacial score (nSPS) is 21.2. The van der Waals surface area contributed by atoms with E-state index in [4.69, 9.17) is 4.98 Å². The summed E-state index contributed by atoms with van der Waals surface area (Å²) in [5.41, 5.74) is 2.60. The van der Waals surface area contributed by atoms with Crippen molar-refractivity contribution in [2.24, 2.45) is 5.92 Å². The van der Waals surface area contributed by atoms with Crippen LogP contribution < -0.4 is 0 Å². The smallest absolute Gasteiger partial charge is 0.334 e. The zero-order valence-electron chi connectivity index (χ0n) is 13.9. The molecule has 1 atom stereocenters. The number of ether oxygens (including phenoxy) is 1. The summed E-state index contributed by atoms with van der Waals surface area (Å²) in [4.78, 5) is 19.8. The fourth-order valence-electron chi connectivity index (χ4n) is 3.64. The molecule has 4 rings (SSSR count). The standard InChI is InChI=1S/C17H23N3O3S/c1-23-16(22)15(21)12-4-6-19(7-5-12)10-13-14(11-2-3-11)18-17-20(13)8-9-24-17/h8-9,11-12,15,21H,2-7,10H2,1H3/t15-/m0/s1. The van der Waals surface area contributed by atoms with E-state index in [9.17, 15) is 9.90 Å². The molecule has 6 nitrogen and oxygen atoms in total. The third-order valence-corrected chi connectivity index (χ3v) is 6.01. The summed E-state index contributed by atoms with van der Waals surface area (Å²) >= 11 is 1.69. The Morgan fingerprint density at radius 1 is 1.42 bits per heavy atom. The van der Waals surface area contributed by atoms with Crippen LogP contribution in [0.3, 0.4) is 0 Å². The van der Waals surface area contributed by atoms with Crippen LogP contribution in [0.15, 0.2) is 11.6 Å². The van der Waals surface area contributed by atoms with Crippen LogP contribution in [0.2, 0.25) is 0 Å². The van der Waals surface area contributed by atoms with Crippen molar-refractivity contribution in [3.8, 4) is 0 Å². The van der Waals surface area contributed by atoms with Gasteiger partial charge in [0.25, 0.3) is 0 Å². The summed E-state index contributed by atoms with van der Waals surface area (Å²) in [6, 6.07) is 0. The lowest BCUT2D eigenvalue weighted by molar-refractivity contribution is -0.154. The van der Waals surface area contributed by atoms with Gasteiger partial charge in [-0.05, 0) is 44.7 Å². The molecule has 0 bridgehead atoms. The van der Waals surface area contributed by atoms with E-state index in [0.29, 0.717) is 5.92 Å². The summed E-state index contributed by atoms with van der Waals surface area (Å²) in [7, 11) is 1.33. The molecule has 1 aliphatic carbocycles. The number of likely N-dealkylation sites (tertiary alicyclic amines) is 1. The first-order valence-corrected chi connectivity index (χ1v) is 9.48. The fourth-order valence-corrected chi connectivity index (χ4v) is 4.38. The van der Waals surface area contributed by atoms with Gasteiger partial charge in [0.2, 0.25) is 0 Å². The Kier molecular flexibility index (Phi) is 4.32. The first-order chi connectivity index (χ1) is 11.7. The Morgan fingerprint density at radius 2 is 2.17 bits per heavy atom. The van der Waals surface area contributed by atoms with Crippen LogP contribution in [0.4, 0.5) is 0 Å². The summed E-state index contributed by atoms with van der Waals surface area (Å²) < 4.78 is 6.88. The average Bonchev–Trinajstić information content (AvgIpc) is 3.25. The molecule has 2 fully saturated rings. The number of nitrogens with zero attached hydrogens (tertiary/aromatic N) is 3. The van der Waals surface area contributed by atoms with Gasteiger partial charge in [-0.2, -0.15) is 0 Å². The maximum absolute atomic E-state index is 11.5. The quantitative estimate of drug-likeness (QED) is 0.837. The number of aliphatic hydroxyl groups is 1. The van der Waals surface area contributed by atoms with Crippen LogP contribution in [0.25, 0.3) is 4.96 Å². The molecule has 1 N–H and O–H groups in total. The number of aromatic nitrogens is 2. The van der Waals surface area contributed by atoms with E-state index in [1.165, 1.54) is 31.3 Å². The van der Waals surface area contributed by atoms with Gasteiger partial charge >= 0.3 is 5.97 Å². The Labute approximate surface area is 145 Å². The van der Waals surface area contributed by atoms with Crippen molar-refractivity contribution in [2.75, 3.05) is 20.2 Å². The second kappa shape index (κ2) is 6.46. The maximum Gasteiger partial charge on any atom is 0.334 e. The summed E-state index contributed by atoms with van der Waals surface area (Å²) in [5, 5.41) is 12.1. The first-order valence-electron chi connectivity index (χ1n) is 8.60. The van der Waals surface area contributed by atoms with E-state index in [0.717, 1.165) is 37.4 Å². The van der Waals surface area contributed by atoms with Gasteiger partial charge in [0.1, 0.15) is 0 Å². The number of hydrogen-bond donors (Lipinski definition) is 1. The molecule has 0 amide bonds. The molecule has 2 aliphatic rings. The van der Waals surface area contributed by atoms with Gasteiger partial charge in [-0.3, -0.25) is 9.30 Å². The van der Waals surface area contributed by atoms with Gasteiger partial charge in [-0.15, -0.1) is 11.3 Å². The van der Waals surface area contributed by atoms with Gasteiger partial charge < -0.3 is 9.84 Å². The van der Waals surface area contributed by atoms with E-state index in [2.05, 4.69) is 25.6 Å². The second-order valence-corrected chi connectivity index (χ2v) is 7.73. The highest BCUT2D eigenvalue weighted by atomic mass is 32.1. The summed E-state index contributed by atoms with van der Waals surface area (Å²) in [6.45, 7) is 2.67. The second-order valence-electron chi connectivity index (χ2n) is 6.86. The number of piperidine rings is 1. The summed E-state index contributed by atoms with van der Waals surface area (Å²) in [5.74, 6) is 0.134. The zero-order valence-corrected chi connectivity index (χ0v) is 14.7. The number of carbonyl (C=O) groups is 1. The Bertz CT molecular complexity index is 729. The van der Waals surface area contributed by atoms with Gasteiger partial charge in [0.05, 0.1) is 18.5 Å². The monoisotopic (exact) mass is 349 g/mol. The van der Waals surface area contributed by atoms with Crippen LogP contribution in [0.5, 0.6) is 0 Å². The van der Waals surface area contributed by atoms with Crippen molar-refractivity contribution in [1.82, 2.24) is 14.3 Å². The number of fused-ring (bicyclic) bond motifs is 1. The van der Waals surface area contributed by atoms with Crippen molar-refractivity contribution < 1.29 is 14.6 Å². The maximum atomic E-state index is 11.5. The number of esters is 1. The number of aliphatic hydroxyl groups excluding tert-OH is 1. The van der Waals surface area contributed by atoms with E-state index in [-0.39, 0.29) is 5.92 Å². The molecule has 0 spiro atoms. The first kappa shape index (κ1) is 16.1. The lowest BCUT2D eigenvalue weighted by Gasteiger charge is -2.33. The highest BCUT2D eigenvalue weighted by Crippen LogP contribution is 2.42. The molecule has 2 aromatic heterocycles. The van der Waals surface area contributed by atoms with E-state index < -0.39 is 12.1 Å². The minimum atomic E-state index is -0.988. The van der Waals surface area contributed by atoms with E-state index in [1.807, 2.05) is 0 Å². The van der Waals surface area contributed by atoms with Crippen molar-refractivity contribution in [3.63, 3.8) is 0 Å². The van der Waals surface area contributed by atoms with E-state index >= 15 is 0 Å². The van der Waals surface area contributed by atoms with Gasteiger partial charge in [-0.1, -0.05) is 0 Å². The summed E-state index contributed by atoms with van der Waals surface area (Å²) in [6.07, 6.45) is 5.28. The topological polar surface area (TPSA) is 67.1 Å². The SMILES string of the molecule is COC(=O)[C@@H](O)C1CCN(Cc2c(C3CC3)nc3sccn23)CC1. The lowest BCUT2D eigenvalue weighted by Crippen LogP contribution is -2.40. The minimum absolute atomic E-state index is 0.00297. The van der Waals surface area contributed by atoms with Crippen LogP contribution in [-0.4, -0.2) is 51.7 Å². The average molecular weight is 349 g/mol. The van der Waals surface area contributed by atoms with Crippen molar-refractivity contribution >= 4 is 22.3 Å². The Morgan fingerprint density at radius 3 is 2.83 bits per heavy atom. The molecule has 24 heavy (non-hydrogen) atoms. The fraction of sp³-hybridized carbons (Fsp3) is 0.647. The third-order valence-electron chi connectivity index (χ3n) is 5.25. The molecule has 130 valence electrons. The predicted molar refractivity (Wildman–Crippen MR) is 91.1 cm³/mol. The van der Waals surface area contributed by atoms with Crippen molar-refractivity contribution in [1.29, 1.82) is 0 Å². The van der Waals surface area contributed by atoms with Crippen LogP contribution >= 0.6 is 11.3 Å². The molecule has 0 unspecified atom stereocenters. The molecule has 0 aromatic carbocycles. The van der Waals surface area contributed by atoms with Crippen molar-refractivity contribution in [2.45, 2.75) is 44.2 Å². The van der Waals surface area contributed by atoms with Crippen LogP contribution in [0, 0.1) is 5.92 Å². The van der Waals surface area contributed by atoms with Gasteiger partial charge in [0.15, 0.2) is 11.1 Å². The minimum Gasteiger partial charge on any atom is -0.467 e. The number of imidazole rings is 1. The number of rotatable bonds is 5. The molecule has 2 aromatic rings. The number of carbonyl (C=O) groups excluding carboxylic acids is 1. The predicted octanol–water partition coefficient (Wildman–Crippen LogP) is 2.02. The number of methoxy groups -OCH3 is 1. The largest absolute Gasteiger partial charge is 0.467 e. The van der Waals surface area contributed by atoms with Crippen LogP contribution in [0.1, 0.15) is 43.0 Å². The molecule has 0 radical (unpaired) electrons. The molecule has 3 heterocycles. The van der Waals surface area contributed by atoms with Gasteiger partial charge in [-0.25, -0.2) is 9.78 Å². The Hall–Kier alpha value is -1.44. The zero-order chi connectivity index (χ0) is 16.7. The molecule has 1 saturated heterocycles. The van der Waals surface area contributed by atoms with E-state index in [1.54, 1.807) is 11.3 Å².